The van der Waals surface area contributed by atoms with E-state index in [9.17, 15) is 17.3 Å². The maximum absolute atomic E-state index is 9.75. The van der Waals surface area contributed by atoms with Gasteiger partial charge in [-0.05, 0) is 12.3 Å². The number of rotatable bonds is 1. The second-order valence-corrected chi connectivity index (χ2v) is 1.05. The van der Waals surface area contributed by atoms with Crippen molar-refractivity contribution >= 4 is 13.5 Å². The standard InChI is InChI=1S/C3H6N2.BF4.Na/c4-2-1-3-5;2-1(3,4)5;/h1-4H,5H2;;/q;-1;+1. The average molecular weight is 180 g/mol. The molecule has 0 saturated carbocycles. The number of nitrogens with two attached hydrogens (primary N) is 1. The first-order valence-corrected chi connectivity index (χ1v) is 2.16. The molecule has 0 heterocycles. The van der Waals surface area contributed by atoms with Crippen LogP contribution in [0.15, 0.2) is 12.3 Å². The van der Waals surface area contributed by atoms with Gasteiger partial charge in [-0.2, -0.15) is 0 Å². The summed E-state index contributed by atoms with van der Waals surface area (Å²) in [4.78, 5) is 0. The maximum atomic E-state index is 9.75. The largest absolute Gasteiger partial charge is 1.00 e. The van der Waals surface area contributed by atoms with E-state index in [1.807, 2.05) is 0 Å². The van der Waals surface area contributed by atoms with Crippen LogP contribution in [0.25, 0.3) is 0 Å². The molecule has 0 radical (unpaired) electrons. The van der Waals surface area contributed by atoms with Crippen LogP contribution in [0.2, 0.25) is 0 Å². The van der Waals surface area contributed by atoms with Crippen LogP contribution < -0.4 is 35.3 Å². The van der Waals surface area contributed by atoms with Gasteiger partial charge in [0.2, 0.25) is 0 Å². The van der Waals surface area contributed by atoms with Crippen LogP contribution in [0.5, 0.6) is 0 Å². The molecule has 0 amide bonds. The predicted molar refractivity (Wildman–Crippen MR) is 32.3 cm³/mol. The summed E-state index contributed by atoms with van der Waals surface area (Å²) in [5, 5.41) is 6.31. The number of hydrogen-bond donors (Lipinski definition) is 2. The molecular weight excluding hydrogens is 174 g/mol. The van der Waals surface area contributed by atoms with Crippen molar-refractivity contribution in [3.63, 3.8) is 0 Å². The van der Waals surface area contributed by atoms with E-state index in [0.717, 1.165) is 6.21 Å². The van der Waals surface area contributed by atoms with E-state index in [1.54, 1.807) is 0 Å². The molecule has 3 N–H and O–H groups in total. The predicted octanol–water partition coefficient (Wildman–Crippen LogP) is -1.59. The molecule has 11 heavy (non-hydrogen) atoms. The summed E-state index contributed by atoms with van der Waals surface area (Å²) in [5.41, 5.74) is 4.81. The summed E-state index contributed by atoms with van der Waals surface area (Å²) in [6.45, 7) is 0. The first kappa shape index (κ1) is 17.2. The van der Waals surface area contributed by atoms with Gasteiger partial charge in [0.05, 0.1) is 0 Å². The summed E-state index contributed by atoms with van der Waals surface area (Å²) in [5.74, 6) is 0. The smallest absolute Gasteiger partial charge is 0.418 e. The Morgan fingerprint density at radius 2 is 1.45 bits per heavy atom. The summed E-state index contributed by atoms with van der Waals surface area (Å²) < 4.78 is 39.0. The molecule has 0 aliphatic heterocycles. The monoisotopic (exact) mass is 180 g/mol. The quantitative estimate of drug-likeness (QED) is 0.285. The van der Waals surface area contributed by atoms with Gasteiger partial charge in [-0.3, -0.25) is 0 Å². The number of allylic oxidation sites excluding steroid dienone is 1. The van der Waals surface area contributed by atoms with Crippen LogP contribution in [-0.4, -0.2) is 13.5 Å². The SMILES string of the molecule is F[B-](F)(F)F.N=CC=CN.[Na+]. The number of nitrogens with one attached hydrogen (secondary N) is 1. The summed E-state index contributed by atoms with van der Waals surface area (Å²) in [6.07, 6.45) is 3.88. The Hall–Kier alpha value is -0.00506. The summed E-state index contributed by atoms with van der Waals surface area (Å²) >= 11 is 0. The van der Waals surface area contributed by atoms with Crippen molar-refractivity contribution in [1.82, 2.24) is 0 Å². The third-order valence-electron chi connectivity index (χ3n) is 0.207. The third kappa shape index (κ3) is 161. The molecule has 0 aromatic carbocycles. The van der Waals surface area contributed by atoms with Crippen LogP contribution in [0, 0.1) is 5.41 Å². The van der Waals surface area contributed by atoms with E-state index in [2.05, 4.69) is 0 Å². The second kappa shape index (κ2) is 9.99. The van der Waals surface area contributed by atoms with Crippen molar-refractivity contribution in [1.29, 1.82) is 5.41 Å². The average Bonchev–Trinajstić information content (AvgIpc) is 1.63. The van der Waals surface area contributed by atoms with Crippen LogP contribution >= 0.6 is 0 Å². The molecule has 0 fully saturated rings. The normalized spacial score (nSPS) is 9.45. The van der Waals surface area contributed by atoms with Crippen molar-refractivity contribution in [2.75, 3.05) is 0 Å². The number of halogens is 4. The van der Waals surface area contributed by atoms with Crippen molar-refractivity contribution in [3.05, 3.63) is 12.3 Å². The molecule has 0 aliphatic rings. The molecule has 0 aromatic rings. The minimum absolute atomic E-state index is 0. The minimum Gasteiger partial charge on any atom is -0.418 e. The minimum atomic E-state index is -6.00. The van der Waals surface area contributed by atoms with Crippen molar-refractivity contribution in [3.8, 4) is 0 Å². The van der Waals surface area contributed by atoms with Crippen LogP contribution in [0.1, 0.15) is 0 Å². The zero-order chi connectivity index (χ0) is 8.62. The second-order valence-electron chi connectivity index (χ2n) is 1.05. The molecule has 0 atom stereocenters. The molecule has 0 aromatic heterocycles. The molecule has 0 unspecified atom stereocenters. The van der Waals surface area contributed by atoms with Crippen molar-refractivity contribution in [2.45, 2.75) is 0 Å². The molecule has 2 nitrogen and oxygen atoms in total. The Labute approximate surface area is 83.7 Å². The molecular formula is C3H6BF4N2Na. The zero-order valence-electron chi connectivity index (χ0n) is 5.90. The summed E-state index contributed by atoms with van der Waals surface area (Å²) in [7, 11) is -6.00. The van der Waals surface area contributed by atoms with E-state index >= 15 is 0 Å². The van der Waals surface area contributed by atoms with Gasteiger partial charge in [-0.1, -0.05) is 0 Å². The Bertz CT molecular complexity index is 108. The molecule has 0 rings (SSSR count). The van der Waals surface area contributed by atoms with Crippen LogP contribution in [-0.2, 0) is 0 Å². The zero-order valence-corrected chi connectivity index (χ0v) is 7.90. The third-order valence-corrected chi connectivity index (χ3v) is 0.207. The van der Waals surface area contributed by atoms with Gasteiger partial charge in [-0.25, -0.2) is 0 Å². The van der Waals surface area contributed by atoms with Gasteiger partial charge in [0.1, 0.15) is 0 Å². The van der Waals surface area contributed by atoms with Gasteiger partial charge in [0, 0.05) is 6.21 Å². The Morgan fingerprint density at radius 1 is 1.18 bits per heavy atom. The van der Waals surface area contributed by atoms with E-state index in [0.29, 0.717) is 0 Å². The first-order chi connectivity index (χ1) is 4.41. The van der Waals surface area contributed by atoms with Crippen LogP contribution in [0.4, 0.5) is 17.3 Å². The van der Waals surface area contributed by atoms with Gasteiger partial charge < -0.3 is 28.4 Å². The molecule has 8 heteroatoms. The van der Waals surface area contributed by atoms with Gasteiger partial charge in [0.15, 0.2) is 0 Å². The van der Waals surface area contributed by atoms with Gasteiger partial charge in [0.25, 0.3) is 0 Å². The fraction of sp³-hybridized carbons (Fsp3) is 0. The molecule has 0 bridgehead atoms. The van der Waals surface area contributed by atoms with Crippen molar-refractivity contribution in [2.24, 2.45) is 5.73 Å². The Morgan fingerprint density at radius 3 is 1.45 bits per heavy atom. The van der Waals surface area contributed by atoms with E-state index in [1.165, 1.54) is 12.3 Å². The fourth-order valence-corrected chi connectivity index (χ4v) is 0.0556. The van der Waals surface area contributed by atoms with E-state index in [-0.39, 0.29) is 29.6 Å². The number of hydrogen-bond acceptors (Lipinski definition) is 2. The topological polar surface area (TPSA) is 49.9 Å². The van der Waals surface area contributed by atoms with Crippen LogP contribution in [0.3, 0.4) is 0 Å². The van der Waals surface area contributed by atoms with E-state index < -0.39 is 7.25 Å². The molecule has 0 saturated heterocycles. The van der Waals surface area contributed by atoms with Gasteiger partial charge in [-0.15, -0.1) is 0 Å². The molecule has 0 aliphatic carbocycles. The molecule has 60 valence electrons. The Balaban J connectivity index is -0.000000107. The fourth-order valence-electron chi connectivity index (χ4n) is 0.0556. The molecule has 0 spiro atoms. The van der Waals surface area contributed by atoms with Gasteiger partial charge >= 0.3 is 36.8 Å². The maximum Gasteiger partial charge on any atom is 1.00 e. The summed E-state index contributed by atoms with van der Waals surface area (Å²) in [6, 6.07) is 0. The Kier molecular flexibility index (Phi) is 15.6. The first-order valence-electron chi connectivity index (χ1n) is 2.16. The van der Waals surface area contributed by atoms with Crippen molar-refractivity contribution < 1.29 is 46.8 Å². The van der Waals surface area contributed by atoms with E-state index in [4.69, 9.17) is 11.1 Å².